The molecule has 1 heterocycles. The van der Waals surface area contributed by atoms with Crippen LogP contribution in [0.25, 0.3) is 5.69 Å². The van der Waals surface area contributed by atoms with Crippen molar-refractivity contribution in [1.82, 2.24) is 25.4 Å². The molecule has 6 heteroatoms. The minimum Gasteiger partial charge on any atom is -0.357 e. The van der Waals surface area contributed by atoms with Gasteiger partial charge in [0.1, 0.15) is 12.9 Å². The number of aromatic nitrogens is 3. The zero-order valence-corrected chi connectivity index (χ0v) is 15.6. The number of benzene rings is 1. The van der Waals surface area contributed by atoms with Crippen LogP contribution in [0.1, 0.15) is 52.3 Å². The summed E-state index contributed by atoms with van der Waals surface area (Å²) in [5, 5.41) is 15.0. The van der Waals surface area contributed by atoms with E-state index in [9.17, 15) is 0 Å². The highest BCUT2D eigenvalue weighted by Gasteiger charge is 2.08. The van der Waals surface area contributed by atoms with Crippen LogP contribution in [0.5, 0.6) is 0 Å². The third-order valence-corrected chi connectivity index (χ3v) is 4.00. The van der Waals surface area contributed by atoms with Gasteiger partial charge in [-0.2, -0.15) is 0 Å². The first-order chi connectivity index (χ1) is 12.2. The Bertz CT molecular complexity index is 634. The maximum atomic E-state index is 4.68. The van der Waals surface area contributed by atoms with Crippen molar-refractivity contribution in [2.75, 3.05) is 6.54 Å². The largest absolute Gasteiger partial charge is 0.357 e. The van der Waals surface area contributed by atoms with E-state index >= 15 is 0 Å². The molecule has 0 aliphatic heterocycles. The number of hydrogen-bond donors (Lipinski definition) is 2. The van der Waals surface area contributed by atoms with Crippen LogP contribution in [0.4, 0.5) is 0 Å². The summed E-state index contributed by atoms with van der Waals surface area (Å²) in [4.78, 5) is 4.68. The highest BCUT2D eigenvalue weighted by Crippen LogP contribution is 2.09. The van der Waals surface area contributed by atoms with Crippen LogP contribution in [0.2, 0.25) is 0 Å². The van der Waals surface area contributed by atoms with Gasteiger partial charge < -0.3 is 10.6 Å². The van der Waals surface area contributed by atoms with Gasteiger partial charge in [-0.1, -0.05) is 44.4 Å². The van der Waals surface area contributed by atoms with E-state index in [0.717, 1.165) is 30.4 Å². The lowest BCUT2D eigenvalue weighted by molar-refractivity contribution is 0.546. The van der Waals surface area contributed by atoms with E-state index in [1.165, 1.54) is 19.3 Å². The molecule has 1 aromatic carbocycles. The Balaban J connectivity index is 2.01. The summed E-state index contributed by atoms with van der Waals surface area (Å²) in [6.45, 7) is 7.82. The van der Waals surface area contributed by atoms with Crippen LogP contribution in [0, 0.1) is 0 Å². The quantitative estimate of drug-likeness (QED) is 0.417. The fraction of sp³-hybridized carbons (Fsp3) is 0.526. The van der Waals surface area contributed by atoms with Crippen molar-refractivity contribution in [3.8, 4) is 5.69 Å². The Labute approximate surface area is 150 Å². The average molecular weight is 342 g/mol. The maximum absolute atomic E-state index is 4.68. The predicted molar refractivity (Wildman–Crippen MR) is 103 cm³/mol. The number of guanidine groups is 1. The smallest absolute Gasteiger partial charge is 0.191 e. The summed E-state index contributed by atoms with van der Waals surface area (Å²) in [6.07, 6.45) is 6.65. The zero-order valence-electron chi connectivity index (χ0n) is 15.6. The van der Waals surface area contributed by atoms with E-state index in [1.807, 2.05) is 34.9 Å². The Morgan fingerprint density at radius 1 is 1.20 bits per heavy atom. The monoisotopic (exact) mass is 342 g/mol. The first-order valence-electron chi connectivity index (χ1n) is 9.23. The molecule has 0 aliphatic carbocycles. The molecule has 1 unspecified atom stereocenters. The van der Waals surface area contributed by atoms with Crippen LogP contribution >= 0.6 is 0 Å². The molecular formula is C19H30N6. The van der Waals surface area contributed by atoms with E-state index in [0.29, 0.717) is 12.6 Å². The molecule has 0 spiro atoms. The molecule has 0 saturated carbocycles. The Kier molecular flexibility index (Phi) is 7.95. The standard InChI is InChI=1S/C19H30N6/c1-4-6-8-11-16(3)23-19(20-5-2)21-14-18-24-22-15-25(18)17-12-9-7-10-13-17/h7,9-10,12-13,15-16H,4-6,8,11,14H2,1-3H3,(H2,20,21,23). The van der Waals surface area contributed by atoms with E-state index in [2.05, 4.69) is 46.6 Å². The van der Waals surface area contributed by atoms with E-state index in [1.54, 1.807) is 6.33 Å². The van der Waals surface area contributed by atoms with Crippen LogP contribution in [-0.2, 0) is 6.54 Å². The summed E-state index contributed by atoms with van der Waals surface area (Å²) in [5.41, 5.74) is 1.04. The lowest BCUT2D eigenvalue weighted by atomic mass is 10.1. The summed E-state index contributed by atoms with van der Waals surface area (Å²) < 4.78 is 1.97. The molecule has 2 N–H and O–H groups in total. The van der Waals surface area contributed by atoms with Gasteiger partial charge in [-0.15, -0.1) is 10.2 Å². The van der Waals surface area contributed by atoms with Gasteiger partial charge in [0.05, 0.1) is 0 Å². The second-order valence-corrected chi connectivity index (χ2v) is 6.19. The number of nitrogens with one attached hydrogen (secondary N) is 2. The van der Waals surface area contributed by atoms with Gasteiger partial charge in [0.25, 0.3) is 0 Å². The molecule has 2 rings (SSSR count). The van der Waals surface area contributed by atoms with Crippen molar-refractivity contribution in [2.24, 2.45) is 4.99 Å². The van der Waals surface area contributed by atoms with Gasteiger partial charge in [0.2, 0.25) is 0 Å². The summed E-state index contributed by atoms with van der Waals surface area (Å²) in [6, 6.07) is 10.5. The van der Waals surface area contributed by atoms with Crippen molar-refractivity contribution in [3.63, 3.8) is 0 Å². The zero-order chi connectivity index (χ0) is 17.9. The van der Waals surface area contributed by atoms with E-state index in [4.69, 9.17) is 0 Å². The molecule has 1 atom stereocenters. The summed E-state index contributed by atoms with van der Waals surface area (Å²) in [7, 11) is 0. The van der Waals surface area contributed by atoms with E-state index < -0.39 is 0 Å². The highest BCUT2D eigenvalue weighted by molar-refractivity contribution is 5.79. The summed E-state index contributed by atoms with van der Waals surface area (Å²) >= 11 is 0. The van der Waals surface area contributed by atoms with E-state index in [-0.39, 0.29) is 0 Å². The number of rotatable bonds is 9. The van der Waals surface area contributed by atoms with Gasteiger partial charge in [0.15, 0.2) is 11.8 Å². The predicted octanol–water partition coefficient (Wildman–Crippen LogP) is 3.29. The van der Waals surface area contributed by atoms with Crippen LogP contribution in [-0.4, -0.2) is 33.3 Å². The van der Waals surface area contributed by atoms with Crippen molar-refractivity contribution in [1.29, 1.82) is 0 Å². The number of hydrogen-bond acceptors (Lipinski definition) is 3. The Morgan fingerprint density at radius 3 is 2.72 bits per heavy atom. The third-order valence-electron chi connectivity index (χ3n) is 4.00. The van der Waals surface area contributed by atoms with Gasteiger partial charge in [0, 0.05) is 18.3 Å². The van der Waals surface area contributed by atoms with Gasteiger partial charge in [-0.3, -0.25) is 4.57 Å². The fourth-order valence-corrected chi connectivity index (χ4v) is 2.65. The molecule has 136 valence electrons. The number of aliphatic imine (C=N–C) groups is 1. The highest BCUT2D eigenvalue weighted by atomic mass is 15.3. The van der Waals surface area contributed by atoms with Gasteiger partial charge >= 0.3 is 0 Å². The minimum atomic E-state index is 0.399. The molecule has 1 aromatic heterocycles. The lowest BCUT2D eigenvalue weighted by Crippen LogP contribution is -2.42. The topological polar surface area (TPSA) is 67.1 Å². The molecule has 0 aliphatic rings. The van der Waals surface area contributed by atoms with Crippen molar-refractivity contribution in [3.05, 3.63) is 42.5 Å². The van der Waals surface area contributed by atoms with Crippen molar-refractivity contribution < 1.29 is 0 Å². The fourth-order valence-electron chi connectivity index (χ4n) is 2.65. The molecule has 6 nitrogen and oxygen atoms in total. The van der Waals surface area contributed by atoms with Crippen molar-refractivity contribution >= 4 is 5.96 Å². The Morgan fingerprint density at radius 2 is 2.00 bits per heavy atom. The molecule has 0 saturated heterocycles. The molecule has 2 aromatic rings. The van der Waals surface area contributed by atoms with Gasteiger partial charge in [-0.05, 0) is 32.4 Å². The number of para-hydroxylation sites is 1. The molecule has 0 amide bonds. The molecule has 0 fully saturated rings. The molecule has 25 heavy (non-hydrogen) atoms. The number of unbranched alkanes of at least 4 members (excludes halogenated alkanes) is 2. The SMILES string of the molecule is CCCCCC(C)NC(=NCc1nncn1-c1ccccc1)NCC. The second kappa shape index (κ2) is 10.5. The molecule has 0 radical (unpaired) electrons. The van der Waals surface area contributed by atoms with Crippen molar-refractivity contribution in [2.45, 2.75) is 59.0 Å². The van der Waals surface area contributed by atoms with Crippen LogP contribution in [0.15, 0.2) is 41.7 Å². The molecular weight excluding hydrogens is 312 g/mol. The summed E-state index contributed by atoms with van der Waals surface area (Å²) in [5.74, 6) is 1.65. The minimum absolute atomic E-state index is 0.399. The number of nitrogens with zero attached hydrogens (tertiary/aromatic N) is 4. The molecule has 0 bridgehead atoms. The first-order valence-corrected chi connectivity index (χ1v) is 9.23. The second-order valence-electron chi connectivity index (χ2n) is 6.19. The normalized spacial score (nSPS) is 12.8. The Hall–Kier alpha value is -2.37. The van der Waals surface area contributed by atoms with Gasteiger partial charge in [-0.25, -0.2) is 4.99 Å². The average Bonchev–Trinajstić information content (AvgIpc) is 3.09. The van der Waals surface area contributed by atoms with Crippen LogP contribution in [0.3, 0.4) is 0 Å². The third kappa shape index (κ3) is 6.21. The van der Waals surface area contributed by atoms with Crippen LogP contribution < -0.4 is 10.6 Å². The first kappa shape index (κ1) is 19.0. The lowest BCUT2D eigenvalue weighted by Gasteiger charge is -2.17. The maximum Gasteiger partial charge on any atom is 0.191 e.